The van der Waals surface area contributed by atoms with Gasteiger partial charge in [-0.3, -0.25) is 4.68 Å². The minimum absolute atomic E-state index is 0.0195. The lowest BCUT2D eigenvalue weighted by atomic mass is 10.0. The number of nitrogens with zero attached hydrogens (tertiary/aromatic N) is 3. The fourth-order valence-electron chi connectivity index (χ4n) is 4.18. The Morgan fingerprint density at radius 1 is 1.06 bits per heavy atom. The van der Waals surface area contributed by atoms with Gasteiger partial charge in [0, 0.05) is 19.6 Å². The summed E-state index contributed by atoms with van der Waals surface area (Å²) in [6, 6.07) is 19.2. The molecule has 2 aromatic carbocycles. The largest absolute Gasteiger partial charge is 0.487 e. The van der Waals surface area contributed by atoms with Gasteiger partial charge in [0.2, 0.25) is 10.0 Å². The van der Waals surface area contributed by atoms with Crippen LogP contribution in [-0.2, 0) is 30.2 Å². The van der Waals surface area contributed by atoms with Crippen LogP contribution in [0.15, 0.2) is 60.7 Å². The van der Waals surface area contributed by atoms with Crippen molar-refractivity contribution >= 4 is 10.0 Å². The first-order valence-corrected chi connectivity index (χ1v) is 12.1. The molecule has 6 nitrogen and oxygen atoms in total. The molecule has 0 saturated carbocycles. The zero-order valence-electron chi connectivity index (χ0n) is 18.2. The summed E-state index contributed by atoms with van der Waals surface area (Å²) < 4.78 is 36.1. The number of ether oxygens (including phenoxy) is 1. The van der Waals surface area contributed by atoms with Crippen molar-refractivity contribution in [1.82, 2.24) is 14.1 Å². The second-order valence-electron chi connectivity index (χ2n) is 8.25. The summed E-state index contributed by atoms with van der Waals surface area (Å²) in [6.45, 7) is 4.75. The van der Waals surface area contributed by atoms with Crippen LogP contribution >= 0.6 is 0 Å². The molecule has 1 aromatic heterocycles. The van der Waals surface area contributed by atoms with E-state index in [1.165, 1.54) is 0 Å². The smallest absolute Gasteiger partial charge is 0.221 e. The molecule has 3 aromatic rings. The molecular formula is C24H29N3O3S. The second kappa shape index (κ2) is 8.85. The number of aryl methyl sites for hydroxylation is 2. The molecule has 0 amide bonds. The van der Waals surface area contributed by atoms with Gasteiger partial charge >= 0.3 is 0 Å². The predicted octanol–water partition coefficient (Wildman–Crippen LogP) is 4.36. The van der Waals surface area contributed by atoms with Crippen LogP contribution in [0.1, 0.15) is 47.5 Å². The standard InChI is InChI=1S/C24H29N3O3S/c1-18-15-22(26(3)25-18)17-30-23-12-10-20(11-13-23)16-27-19(2)9-14-24(31(27,28)29)21-7-5-4-6-8-21/h4-8,10-13,15,19,24H,9,14,16-17H2,1-3H3/t19-,24?/m0/s1. The van der Waals surface area contributed by atoms with Crippen LogP contribution in [0, 0.1) is 6.92 Å². The number of hydrogen-bond acceptors (Lipinski definition) is 4. The second-order valence-corrected chi connectivity index (χ2v) is 10.3. The first kappa shape index (κ1) is 21.6. The Bertz CT molecular complexity index is 1120. The molecular weight excluding hydrogens is 410 g/mol. The van der Waals surface area contributed by atoms with E-state index in [2.05, 4.69) is 5.10 Å². The maximum Gasteiger partial charge on any atom is 0.221 e. The van der Waals surface area contributed by atoms with Crippen LogP contribution in [0.25, 0.3) is 0 Å². The highest BCUT2D eigenvalue weighted by molar-refractivity contribution is 7.89. The van der Waals surface area contributed by atoms with Crippen LogP contribution < -0.4 is 4.74 Å². The molecule has 0 radical (unpaired) electrons. The van der Waals surface area contributed by atoms with Gasteiger partial charge in [-0.05, 0) is 56.0 Å². The van der Waals surface area contributed by atoms with Gasteiger partial charge in [0.15, 0.2) is 0 Å². The van der Waals surface area contributed by atoms with Crippen molar-refractivity contribution in [2.24, 2.45) is 7.05 Å². The fourth-order valence-corrected chi connectivity index (χ4v) is 6.38. The molecule has 1 saturated heterocycles. The van der Waals surface area contributed by atoms with Crippen molar-refractivity contribution in [2.45, 2.75) is 51.1 Å². The molecule has 1 aliphatic rings. The first-order valence-electron chi connectivity index (χ1n) is 10.6. The van der Waals surface area contributed by atoms with E-state index < -0.39 is 15.3 Å². The van der Waals surface area contributed by atoms with Gasteiger partial charge in [0.25, 0.3) is 0 Å². The highest BCUT2D eigenvalue weighted by Crippen LogP contribution is 2.38. The monoisotopic (exact) mass is 439 g/mol. The first-order chi connectivity index (χ1) is 14.8. The van der Waals surface area contributed by atoms with E-state index in [1.807, 2.05) is 86.2 Å². The molecule has 0 N–H and O–H groups in total. The van der Waals surface area contributed by atoms with Crippen molar-refractivity contribution in [3.63, 3.8) is 0 Å². The number of benzene rings is 2. The van der Waals surface area contributed by atoms with Crippen molar-refractivity contribution in [1.29, 1.82) is 0 Å². The highest BCUT2D eigenvalue weighted by atomic mass is 32.2. The SMILES string of the molecule is Cc1cc(COc2ccc(CN3[C@@H](C)CCC(c4ccccc4)S3(=O)=O)cc2)n(C)n1. The maximum atomic E-state index is 13.4. The zero-order valence-corrected chi connectivity index (χ0v) is 19.0. The molecule has 31 heavy (non-hydrogen) atoms. The topological polar surface area (TPSA) is 64.4 Å². The third-order valence-electron chi connectivity index (χ3n) is 5.94. The number of rotatable bonds is 6. The van der Waals surface area contributed by atoms with Gasteiger partial charge in [0.1, 0.15) is 17.6 Å². The molecule has 0 bridgehead atoms. The molecule has 1 unspecified atom stereocenters. The summed E-state index contributed by atoms with van der Waals surface area (Å²) in [5.41, 5.74) is 3.78. The van der Waals surface area contributed by atoms with Crippen molar-refractivity contribution in [3.8, 4) is 5.75 Å². The highest BCUT2D eigenvalue weighted by Gasteiger charge is 2.40. The van der Waals surface area contributed by atoms with Crippen LogP contribution in [0.5, 0.6) is 5.75 Å². The van der Waals surface area contributed by atoms with E-state index in [1.54, 1.807) is 4.31 Å². The van der Waals surface area contributed by atoms with Gasteiger partial charge < -0.3 is 4.74 Å². The van der Waals surface area contributed by atoms with Gasteiger partial charge in [-0.15, -0.1) is 0 Å². The van der Waals surface area contributed by atoms with E-state index in [4.69, 9.17) is 4.74 Å². The molecule has 164 valence electrons. The van der Waals surface area contributed by atoms with Crippen LogP contribution in [-0.4, -0.2) is 28.5 Å². The average Bonchev–Trinajstić information content (AvgIpc) is 3.08. The molecule has 4 rings (SSSR count). The van der Waals surface area contributed by atoms with Gasteiger partial charge in [-0.1, -0.05) is 42.5 Å². The normalized spacial score (nSPS) is 21.1. The van der Waals surface area contributed by atoms with Gasteiger partial charge in [-0.2, -0.15) is 9.40 Å². The van der Waals surface area contributed by atoms with E-state index >= 15 is 0 Å². The van der Waals surface area contributed by atoms with E-state index in [0.29, 0.717) is 19.6 Å². The molecule has 1 aliphatic heterocycles. The summed E-state index contributed by atoms with van der Waals surface area (Å²) in [4.78, 5) is 0. The lowest BCUT2D eigenvalue weighted by Crippen LogP contribution is -2.44. The quantitative estimate of drug-likeness (QED) is 0.572. The molecule has 2 heterocycles. The van der Waals surface area contributed by atoms with Crippen LogP contribution in [0.4, 0.5) is 0 Å². The summed E-state index contributed by atoms with van der Waals surface area (Å²) in [5.74, 6) is 0.749. The lowest BCUT2D eigenvalue weighted by Gasteiger charge is -2.37. The van der Waals surface area contributed by atoms with Crippen molar-refractivity contribution < 1.29 is 13.2 Å². The number of sulfonamides is 1. The Labute approximate surface area is 184 Å². The molecule has 1 fully saturated rings. The Kier molecular flexibility index (Phi) is 6.16. The molecule has 7 heteroatoms. The summed E-state index contributed by atoms with van der Waals surface area (Å²) >= 11 is 0. The Hall–Kier alpha value is -2.64. The number of hydrogen-bond donors (Lipinski definition) is 0. The summed E-state index contributed by atoms with van der Waals surface area (Å²) in [7, 11) is -1.53. The average molecular weight is 440 g/mol. The van der Waals surface area contributed by atoms with E-state index in [0.717, 1.165) is 34.7 Å². The summed E-state index contributed by atoms with van der Waals surface area (Å²) in [6.07, 6.45) is 1.51. The van der Waals surface area contributed by atoms with E-state index in [-0.39, 0.29) is 6.04 Å². The Balaban J connectivity index is 1.45. The molecule has 0 spiro atoms. The third-order valence-corrected chi connectivity index (χ3v) is 8.31. The molecule has 2 atom stereocenters. The minimum atomic E-state index is -3.43. The van der Waals surface area contributed by atoms with Crippen molar-refractivity contribution in [3.05, 3.63) is 83.2 Å². The van der Waals surface area contributed by atoms with E-state index in [9.17, 15) is 8.42 Å². The van der Waals surface area contributed by atoms with Crippen LogP contribution in [0.2, 0.25) is 0 Å². The maximum absolute atomic E-state index is 13.4. The third kappa shape index (κ3) is 4.67. The minimum Gasteiger partial charge on any atom is -0.487 e. The lowest BCUT2D eigenvalue weighted by molar-refractivity contribution is 0.281. The predicted molar refractivity (Wildman–Crippen MR) is 121 cm³/mol. The van der Waals surface area contributed by atoms with Gasteiger partial charge in [0.05, 0.1) is 11.4 Å². The molecule has 0 aliphatic carbocycles. The summed E-state index contributed by atoms with van der Waals surface area (Å²) in [5, 5.41) is 3.85. The number of aromatic nitrogens is 2. The zero-order chi connectivity index (χ0) is 22.0. The van der Waals surface area contributed by atoms with Crippen molar-refractivity contribution in [2.75, 3.05) is 0 Å². The Morgan fingerprint density at radius 2 is 1.77 bits per heavy atom. The van der Waals surface area contributed by atoms with Crippen LogP contribution in [0.3, 0.4) is 0 Å². The fraction of sp³-hybridized carbons (Fsp3) is 0.375. The Morgan fingerprint density at radius 3 is 2.42 bits per heavy atom. The van der Waals surface area contributed by atoms with Gasteiger partial charge in [-0.25, -0.2) is 8.42 Å².